The third-order valence-corrected chi connectivity index (χ3v) is 5.66. The van der Waals surface area contributed by atoms with Crippen molar-refractivity contribution in [1.82, 2.24) is 9.55 Å². The number of aliphatic hydroxyl groups is 1. The molecule has 0 aliphatic heterocycles. The van der Waals surface area contributed by atoms with E-state index in [-0.39, 0.29) is 10.5 Å². The highest BCUT2D eigenvalue weighted by Crippen LogP contribution is 2.24. The minimum absolute atomic E-state index is 0.0652. The van der Waals surface area contributed by atoms with Crippen molar-refractivity contribution in [3.63, 3.8) is 0 Å². The zero-order valence-corrected chi connectivity index (χ0v) is 16.8. The van der Waals surface area contributed by atoms with Crippen molar-refractivity contribution < 1.29 is 13.5 Å². The summed E-state index contributed by atoms with van der Waals surface area (Å²) in [7, 11) is -3.86. The summed E-state index contributed by atoms with van der Waals surface area (Å²) in [5, 5.41) is 19.4. The van der Waals surface area contributed by atoms with Gasteiger partial charge in [0.1, 0.15) is 5.65 Å². The number of H-pyrrole nitrogens is 1. The normalized spacial score (nSPS) is 12.8. The Morgan fingerprint density at radius 2 is 1.80 bits per heavy atom. The van der Waals surface area contributed by atoms with Crippen LogP contribution in [-0.4, -0.2) is 23.1 Å². The van der Waals surface area contributed by atoms with Crippen molar-refractivity contribution in [3.8, 4) is 5.69 Å². The number of benzene rings is 2. The third kappa shape index (κ3) is 3.86. The molecule has 0 aliphatic rings. The number of nitrogens with one attached hydrogen (secondary N) is 2. The molecule has 9 heteroatoms. The van der Waals surface area contributed by atoms with Crippen LogP contribution in [0.4, 0.5) is 5.69 Å². The van der Waals surface area contributed by atoms with Crippen LogP contribution >= 0.6 is 0 Å². The molecule has 154 valence electrons. The summed E-state index contributed by atoms with van der Waals surface area (Å²) < 4.78 is 24.6. The van der Waals surface area contributed by atoms with Gasteiger partial charge in [0.15, 0.2) is 6.23 Å². The predicted molar refractivity (Wildman–Crippen MR) is 115 cm³/mol. The molecule has 0 saturated heterocycles. The lowest BCUT2D eigenvalue weighted by Gasteiger charge is -2.13. The molecular formula is C21H20N4O4S. The Morgan fingerprint density at radius 3 is 2.50 bits per heavy atom. The van der Waals surface area contributed by atoms with Crippen LogP contribution in [0.3, 0.4) is 0 Å². The van der Waals surface area contributed by atoms with E-state index in [1.54, 1.807) is 18.2 Å². The average Bonchev–Trinajstić information content (AvgIpc) is 3.13. The largest absolute Gasteiger partial charge is 0.368 e. The highest BCUT2D eigenvalue weighted by atomic mass is 32.2. The number of hydrogen-bond acceptors (Lipinski definition) is 5. The van der Waals surface area contributed by atoms with Crippen molar-refractivity contribution in [2.75, 3.05) is 5.32 Å². The van der Waals surface area contributed by atoms with E-state index < -0.39 is 16.3 Å². The van der Waals surface area contributed by atoms with Crippen molar-refractivity contribution in [2.45, 2.75) is 18.0 Å². The Balaban J connectivity index is 1.71. The van der Waals surface area contributed by atoms with Gasteiger partial charge in [-0.3, -0.25) is 9.36 Å². The number of primary sulfonamides is 1. The molecule has 8 nitrogen and oxygen atoms in total. The molecule has 0 bridgehead atoms. The molecule has 2 aromatic carbocycles. The molecule has 0 spiro atoms. The molecule has 2 aromatic heterocycles. The fourth-order valence-electron chi connectivity index (χ4n) is 3.23. The van der Waals surface area contributed by atoms with Crippen molar-refractivity contribution in [2.24, 2.45) is 5.14 Å². The van der Waals surface area contributed by atoms with Gasteiger partial charge in [-0.15, -0.1) is 0 Å². The number of pyridine rings is 1. The number of aromatic amines is 1. The Labute approximate surface area is 172 Å². The second-order valence-electron chi connectivity index (χ2n) is 6.99. The number of fused-ring (bicyclic) bond motifs is 1. The number of sulfonamides is 1. The van der Waals surface area contributed by atoms with Gasteiger partial charge in [0.25, 0.3) is 5.56 Å². The number of nitrogens with two attached hydrogens (primary N) is 1. The summed E-state index contributed by atoms with van der Waals surface area (Å²) in [6.45, 7) is 1.97. The molecule has 0 saturated carbocycles. The van der Waals surface area contributed by atoms with E-state index in [0.29, 0.717) is 22.7 Å². The number of aromatic nitrogens is 2. The van der Waals surface area contributed by atoms with Crippen LogP contribution in [0.15, 0.2) is 76.4 Å². The van der Waals surface area contributed by atoms with Crippen LogP contribution in [0.2, 0.25) is 0 Å². The third-order valence-electron chi connectivity index (χ3n) is 4.75. The summed E-state index contributed by atoms with van der Waals surface area (Å²) in [6.07, 6.45) is -1.17. The molecule has 2 heterocycles. The van der Waals surface area contributed by atoms with Gasteiger partial charge in [-0.1, -0.05) is 23.8 Å². The zero-order valence-electron chi connectivity index (χ0n) is 16.0. The van der Waals surface area contributed by atoms with Gasteiger partial charge < -0.3 is 15.4 Å². The van der Waals surface area contributed by atoms with Crippen LogP contribution in [0.25, 0.3) is 16.7 Å². The molecule has 1 unspecified atom stereocenters. The first-order valence-electron chi connectivity index (χ1n) is 9.11. The molecule has 0 aliphatic carbocycles. The van der Waals surface area contributed by atoms with Crippen molar-refractivity contribution in [1.29, 1.82) is 0 Å². The van der Waals surface area contributed by atoms with Crippen LogP contribution < -0.4 is 16.0 Å². The number of aliphatic hydroxyl groups excluding tert-OH is 1. The first-order valence-corrected chi connectivity index (χ1v) is 10.7. The molecular weight excluding hydrogens is 404 g/mol. The van der Waals surface area contributed by atoms with Gasteiger partial charge in [-0.2, -0.15) is 0 Å². The van der Waals surface area contributed by atoms with E-state index in [0.717, 1.165) is 10.9 Å². The summed E-state index contributed by atoms with van der Waals surface area (Å²) in [5.41, 5.74) is 2.91. The SMILES string of the molecule is Cc1ccc(-n2c(=O)ccc3cc(C(O)Nc4cccc(S(N)(=O)=O)c4)[nH]c32)cc1. The molecule has 30 heavy (non-hydrogen) atoms. The van der Waals surface area contributed by atoms with Crippen LogP contribution in [0, 0.1) is 6.92 Å². The predicted octanol–water partition coefficient (Wildman–Crippen LogP) is 2.38. The Bertz CT molecular complexity index is 1390. The lowest BCUT2D eigenvalue weighted by Crippen LogP contribution is -2.17. The smallest absolute Gasteiger partial charge is 0.256 e. The molecule has 0 fully saturated rings. The quantitative estimate of drug-likeness (QED) is 0.366. The molecule has 1 atom stereocenters. The fourth-order valence-corrected chi connectivity index (χ4v) is 3.79. The van der Waals surface area contributed by atoms with Crippen molar-refractivity contribution in [3.05, 3.63) is 88.3 Å². The lowest BCUT2D eigenvalue weighted by molar-refractivity contribution is 0.204. The van der Waals surface area contributed by atoms with E-state index in [1.165, 1.54) is 28.8 Å². The van der Waals surface area contributed by atoms with Crippen molar-refractivity contribution >= 4 is 26.7 Å². The van der Waals surface area contributed by atoms with Crippen LogP contribution in [0.1, 0.15) is 17.5 Å². The summed E-state index contributed by atoms with van der Waals surface area (Å²) in [4.78, 5) is 15.5. The zero-order chi connectivity index (χ0) is 21.5. The molecule has 5 N–H and O–H groups in total. The van der Waals surface area contributed by atoms with E-state index in [9.17, 15) is 18.3 Å². The van der Waals surface area contributed by atoms with E-state index in [2.05, 4.69) is 10.3 Å². The van der Waals surface area contributed by atoms with Crippen LogP contribution in [-0.2, 0) is 10.0 Å². The van der Waals surface area contributed by atoms with Gasteiger partial charge in [-0.25, -0.2) is 13.6 Å². The first-order chi connectivity index (χ1) is 14.2. The monoisotopic (exact) mass is 424 g/mol. The summed E-state index contributed by atoms with van der Waals surface area (Å²) >= 11 is 0. The first kappa shape index (κ1) is 19.9. The van der Waals surface area contributed by atoms with Gasteiger partial charge >= 0.3 is 0 Å². The van der Waals surface area contributed by atoms with Crippen LogP contribution in [0.5, 0.6) is 0 Å². The minimum Gasteiger partial charge on any atom is -0.368 e. The number of aryl methyl sites for hydroxylation is 1. The maximum absolute atomic E-state index is 12.5. The van der Waals surface area contributed by atoms with E-state index in [4.69, 9.17) is 5.14 Å². The Kier molecular flexibility index (Phi) is 4.94. The van der Waals surface area contributed by atoms with Gasteiger partial charge in [0.05, 0.1) is 16.3 Å². The van der Waals surface area contributed by atoms with Gasteiger partial charge in [-0.05, 0) is 49.4 Å². The fraction of sp³-hybridized carbons (Fsp3) is 0.0952. The second kappa shape index (κ2) is 7.45. The average molecular weight is 424 g/mol. The van der Waals surface area contributed by atoms with Gasteiger partial charge in [0, 0.05) is 17.1 Å². The van der Waals surface area contributed by atoms with E-state index >= 15 is 0 Å². The van der Waals surface area contributed by atoms with E-state index in [1.807, 2.05) is 31.2 Å². The summed E-state index contributed by atoms with van der Waals surface area (Å²) in [5.74, 6) is 0. The number of anilines is 1. The topological polar surface area (TPSA) is 130 Å². The van der Waals surface area contributed by atoms with Gasteiger partial charge in [0.2, 0.25) is 10.0 Å². The Morgan fingerprint density at radius 1 is 1.07 bits per heavy atom. The number of hydrogen-bond donors (Lipinski definition) is 4. The number of nitrogens with zero attached hydrogens (tertiary/aromatic N) is 1. The highest BCUT2D eigenvalue weighted by Gasteiger charge is 2.15. The maximum Gasteiger partial charge on any atom is 0.256 e. The highest BCUT2D eigenvalue weighted by molar-refractivity contribution is 7.89. The molecule has 4 aromatic rings. The molecule has 0 radical (unpaired) electrons. The standard InChI is InChI=1S/C21H20N4O4S/c1-13-5-8-16(9-6-13)25-19(26)10-7-14-11-18(24-20(14)25)21(27)23-15-3-2-4-17(12-15)30(22,28)29/h2-12,21,23-24,27H,1H3,(H2,22,28,29). The maximum atomic E-state index is 12.5. The second-order valence-corrected chi connectivity index (χ2v) is 8.55. The Hall–Kier alpha value is -3.40. The minimum atomic E-state index is -3.86. The molecule has 0 amide bonds. The molecule has 4 rings (SSSR count). The summed E-state index contributed by atoms with van der Waals surface area (Å²) in [6, 6.07) is 18.2. The lowest BCUT2D eigenvalue weighted by atomic mass is 10.2. The number of rotatable bonds is 5.